The van der Waals surface area contributed by atoms with Gasteiger partial charge in [0.05, 0.1) is 16.5 Å². The van der Waals surface area contributed by atoms with Crippen molar-refractivity contribution in [3.8, 4) is 0 Å². The molecule has 1 fully saturated rings. The zero-order valence-corrected chi connectivity index (χ0v) is 14.5. The molecule has 138 valence electrons. The first-order chi connectivity index (χ1) is 12.2. The molecule has 0 aromatic heterocycles. The standard InChI is InChI=1S/C16H16N2O7S/c1-8(19)17-11(16(24)25)7-26-12-6-13(20)18(14(12)21)10-4-2-3-9(5-10)15(22)23/h2-5,11-12H,6-7H2,1H3,(H,17,19)(H,22,23)(H,24,25)/t11-,12+/m0/s1. The number of amides is 3. The summed E-state index contributed by atoms with van der Waals surface area (Å²) in [6.45, 7) is 1.18. The minimum atomic E-state index is -1.24. The van der Waals surface area contributed by atoms with Gasteiger partial charge in [0.2, 0.25) is 17.7 Å². The molecular weight excluding hydrogens is 364 g/mol. The number of rotatable bonds is 7. The van der Waals surface area contributed by atoms with Crippen LogP contribution in [0.15, 0.2) is 24.3 Å². The molecule has 26 heavy (non-hydrogen) atoms. The van der Waals surface area contributed by atoms with Gasteiger partial charge in [0.15, 0.2) is 0 Å². The molecule has 9 nitrogen and oxygen atoms in total. The number of hydrogen-bond donors (Lipinski definition) is 3. The maximum Gasteiger partial charge on any atom is 0.335 e. The Kier molecular flexibility index (Phi) is 5.98. The fraction of sp³-hybridized carbons (Fsp3) is 0.312. The first-order valence-corrected chi connectivity index (χ1v) is 8.57. The second kappa shape index (κ2) is 8.00. The normalized spacial score (nSPS) is 17.9. The van der Waals surface area contributed by atoms with Crippen LogP contribution >= 0.6 is 11.8 Å². The second-order valence-corrected chi connectivity index (χ2v) is 6.78. The summed E-state index contributed by atoms with van der Waals surface area (Å²) in [7, 11) is 0. The highest BCUT2D eigenvalue weighted by Gasteiger charge is 2.40. The SMILES string of the molecule is CC(=O)N[C@@H](CS[C@@H]1CC(=O)N(c2cccc(C(=O)O)c2)C1=O)C(=O)O. The Morgan fingerprint density at radius 2 is 2.00 bits per heavy atom. The Bertz CT molecular complexity index is 780. The fourth-order valence-electron chi connectivity index (χ4n) is 2.42. The second-order valence-electron chi connectivity index (χ2n) is 5.54. The Morgan fingerprint density at radius 1 is 1.31 bits per heavy atom. The van der Waals surface area contributed by atoms with E-state index >= 15 is 0 Å². The van der Waals surface area contributed by atoms with E-state index in [1.165, 1.54) is 31.2 Å². The summed E-state index contributed by atoms with van der Waals surface area (Å²) >= 11 is 0.959. The highest BCUT2D eigenvalue weighted by Crippen LogP contribution is 2.30. The molecule has 3 N–H and O–H groups in total. The molecular formula is C16H16N2O7S. The van der Waals surface area contributed by atoms with Gasteiger partial charge in [-0.05, 0) is 18.2 Å². The fourth-order valence-corrected chi connectivity index (χ4v) is 3.58. The number of aliphatic carboxylic acids is 1. The molecule has 0 unspecified atom stereocenters. The van der Waals surface area contributed by atoms with Crippen molar-refractivity contribution < 1.29 is 34.2 Å². The lowest BCUT2D eigenvalue weighted by Gasteiger charge is -2.17. The van der Waals surface area contributed by atoms with E-state index in [0.717, 1.165) is 16.7 Å². The van der Waals surface area contributed by atoms with Crippen molar-refractivity contribution in [1.29, 1.82) is 0 Å². The Labute approximate surface area is 152 Å². The molecule has 0 saturated carbocycles. The van der Waals surface area contributed by atoms with E-state index in [1.807, 2.05) is 0 Å². The number of aromatic carboxylic acids is 1. The molecule has 0 aliphatic carbocycles. The largest absolute Gasteiger partial charge is 0.480 e. The number of imide groups is 1. The average Bonchev–Trinajstić information content (AvgIpc) is 2.84. The van der Waals surface area contributed by atoms with Gasteiger partial charge < -0.3 is 15.5 Å². The number of carbonyl (C=O) groups excluding carboxylic acids is 3. The summed E-state index contributed by atoms with van der Waals surface area (Å²) < 4.78 is 0. The Morgan fingerprint density at radius 3 is 2.58 bits per heavy atom. The van der Waals surface area contributed by atoms with Gasteiger partial charge in [-0.15, -0.1) is 11.8 Å². The summed E-state index contributed by atoms with van der Waals surface area (Å²) in [4.78, 5) is 58.8. The molecule has 1 aromatic carbocycles. The monoisotopic (exact) mass is 380 g/mol. The van der Waals surface area contributed by atoms with Gasteiger partial charge in [0, 0.05) is 19.1 Å². The summed E-state index contributed by atoms with van der Waals surface area (Å²) in [5, 5.41) is 19.6. The van der Waals surface area contributed by atoms with Crippen molar-refractivity contribution in [3.05, 3.63) is 29.8 Å². The van der Waals surface area contributed by atoms with Crippen LogP contribution < -0.4 is 10.2 Å². The highest BCUT2D eigenvalue weighted by molar-refractivity contribution is 8.00. The zero-order valence-electron chi connectivity index (χ0n) is 13.7. The molecule has 3 amide bonds. The lowest BCUT2D eigenvalue weighted by Crippen LogP contribution is -2.42. The van der Waals surface area contributed by atoms with E-state index in [4.69, 9.17) is 10.2 Å². The third-order valence-electron chi connectivity index (χ3n) is 3.60. The van der Waals surface area contributed by atoms with Crippen LogP contribution in [-0.2, 0) is 19.2 Å². The van der Waals surface area contributed by atoms with Crippen LogP contribution in [0.2, 0.25) is 0 Å². The van der Waals surface area contributed by atoms with Crippen molar-refractivity contribution in [2.75, 3.05) is 10.7 Å². The van der Waals surface area contributed by atoms with Gasteiger partial charge in [0.25, 0.3) is 0 Å². The summed E-state index contributed by atoms with van der Waals surface area (Å²) in [5.74, 6) is -4.07. The third kappa shape index (κ3) is 4.39. The van der Waals surface area contributed by atoms with Crippen LogP contribution in [0.5, 0.6) is 0 Å². The first-order valence-electron chi connectivity index (χ1n) is 7.52. The van der Waals surface area contributed by atoms with Crippen molar-refractivity contribution in [1.82, 2.24) is 5.32 Å². The number of benzene rings is 1. The molecule has 1 aliphatic heterocycles. The van der Waals surface area contributed by atoms with Crippen LogP contribution in [0.25, 0.3) is 0 Å². The molecule has 2 atom stereocenters. The van der Waals surface area contributed by atoms with E-state index in [2.05, 4.69) is 5.32 Å². The predicted octanol–water partition coefficient (Wildman–Crippen LogP) is 0.339. The average molecular weight is 380 g/mol. The maximum atomic E-state index is 12.5. The van der Waals surface area contributed by atoms with E-state index in [1.54, 1.807) is 0 Å². The molecule has 10 heteroatoms. The Hall–Kier alpha value is -2.88. The van der Waals surface area contributed by atoms with Gasteiger partial charge >= 0.3 is 11.9 Å². The van der Waals surface area contributed by atoms with Crippen LogP contribution in [0.4, 0.5) is 5.69 Å². The quantitative estimate of drug-likeness (QED) is 0.575. The molecule has 1 aromatic rings. The van der Waals surface area contributed by atoms with Gasteiger partial charge in [-0.3, -0.25) is 14.4 Å². The molecule has 0 radical (unpaired) electrons. The van der Waals surface area contributed by atoms with Crippen LogP contribution in [0.1, 0.15) is 23.7 Å². The highest BCUT2D eigenvalue weighted by atomic mass is 32.2. The van der Waals surface area contributed by atoms with Crippen LogP contribution in [0.3, 0.4) is 0 Å². The van der Waals surface area contributed by atoms with Gasteiger partial charge in [-0.1, -0.05) is 6.07 Å². The third-order valence-corrected chi connectivity index (χ3v) is 4.89. The van der Waals surface area contributed by atoms with Gasteiger partial charge in [-0.2, -0.15) is 0 Å². The lowest BCUT2D eigenvalue weighted by molar-refractivity contribution is -0.140. The number of hydrogen-bond acceptors (Lipinski definition) is 6. The van der Waals surface area contributed by atoms with E-state index in [9.17, 15) is 24.0 Å². The minimum absolute atomic E-state index is 0.0594. The van der Waals surface area contributed by atoms with Crippen molar-refractivity contribution in [2.45, 2.75) is 24.6 Å². The maximum absolute atomic E-state index is 12.5. The van der Waals surface area contributed by atoms with Crippen LogP contribution in [0, 0.1) is 0 Å². The lowest BCUT2D eigenvalue weighted by atomic mass is 10.2. The first kappa shape index (κ1) is 19.4. The van der Waals surface area contributed by atoms with E-state index in [-0.39, 0.29) is 23.4 Å². The van der Waals surface area contributed by atoms with Crippen molar-refractivity contribution in [3.63, 3.8) is 0 Å². The van der Waals surface area contributed by atoms with Gasteiger partial charge in [0.1, 0.15) is 6.04 Å². The van der Waals surface area contributed by atoms with Gasteiger partial charge in [-0.25, -0.2) is 14.5 Å². The number of carboxylic acid groups (broad SMARTS) is 2. The number of carbonyl (C=O) groups is 5. The van der Waals surface area contributed by atoms with E-state index in [0.29, 0.717) is 0 Å². The molecule has 0 spiro atoms. The van der Waals surface area contributed by atoms with Crippen molar-refractivity contribution >= 4 is 47.1 Å². The summed E-state index contributed by atoms with van der Waals surface area (Å²) in [6.07, 6.45) is -0.132. The number of nitrogens with one attached hydrogen (secondary N) is 1. The topological polar surface area (TPSA) is 141 Å². The van der Waals surface area contributed by atoms with Crippen molar-refractivity contribution in [2.24, 2.45) is 0 Å². The smallest absolute Gasteiger partial charge is 0.335 e. The number of anilines is 1. The molecule has 1 aliphatic rings. The molecule has 0 bridgehead atoms. The summed E-state index contributed by atoms with van der Waals surface area (Å²) in [5.41, 5.74) is 0.0930. The predicted molar refractivity (Wildman–Crippen MR) is 92.0 cm³/mol. The molecule has 1 heterocycles. The molecule has 1 saturated heterocycles. The van der Waals surface area contributed by atoms with Crippen LogP contribution in [-0.4, -0.2) is 56.9 Å². The minimum Gasteiger partial charge on any atom is -0.480 e. The Balaban J connectivity index is 2.11. The number of thioether (sulfide) groups is 1. The van der Waals surface area contributed by atoms with E-state index < -0.39 is 41.0 Å². The number of nitrogens with zero attached hydrogens (tertiary/aromatic N) is 1. The molecule has 2 rings (SSSR count). The number of carboxylic acids is 2. The summed E-state index contributed by atoms with van der Waals surface area (Å²) in [6, 6.07) is 4.27. The zero-order chi connectivity index (χ0) is 19.4.